The summed E-state index contributed by atoms with van der Waals surface area (Å²) in [6, 6.07) is 7.45. The first-order chi connectivity index (χ1) is 12.3. The van der Waals surface area contributed by atoms with Gasteiger partial charge in [-0.15, -0.1) is 5.10 Å². The number of hydrogen-bond donors (Lipinski definition) is 1. The van der Waals surface area contributed by atoms with Gasteiger partial charge in [-0.3, -0.25) is 14.4 Å². The predicted octanol–water partition coefficient (Wildman–Crippen LogP) is 2.23. The molecule has 3 amide bonds. The Bertz CT molecular complexity index is 807. The first kappa shape index (κ1) is 18.4. The van der Waals surface area contributed by atoms with E-state index in [-0.39, 0.29) is 22.9 Å². The Morgan fingerprint density at radius 1 is 1.27 bits per heavy atom. The molecule has 1 aromatic rings. The number of hydrazone groups is 1. The van der Waals surface area contributed by atoms with Gasteiger partial charge in [0.1, 0.15) is 0 Å². The van der Waals surface area contributed by atoms with E-state index in [1.807, 2.05) is 24.3 Å². The first-order valence-corrected chi connectivity index (χ1v) is 9.36. The Balaban J connectivity index is 2.07. The van der Waals surface area contributed by atoms with Crippen LogP contribution in [0.4, 0.5) is 5.69 Å². The van der Waals surface area contributed by atoms with E-state index < -0.39 is 4.87 Å². The van der Waals surface area contributed by atoms with Crippen molar-refractivity contribution < 1.29 is 14.4 Å². The molecule has 8 heteroatoms. The highest BCUT2D eigenvalue weighted by atomic mass is 32.2. The third kappa shape index (κ3) is 2.88. The molecule has 0 aromatic heterocycles. The van der Waals surface area contributed by atoms with Crippen LogP contribution in [0.1, 0.15) is 39.7 Å². The van der Waals surface area contributed by atoms with Crippen LogP contribution in [-0.2, 0) is 19.3 Å². The van der Waals surface area contributed by atoms with Crippen molar-refractivity contribution in [2.24, 2.45) is 11.0 Å². The Morgan fingerprint density at radius 3 is 2.58 bits per heavy atom. The zero-order valence-electron chi connectivity index (χ0n) is 15.3. The number of nitrogens with one attached hydrogen (secondary N) is 1. The highest BCUT2D eigenvalue weighted by Gasteiger charge is 2.60. The molecule has 0 radical (unpaired) electrons. The van der Waals surface area contributed by atoms with Crippen LogP contribution in [0, 0.1) is 5.92 Å². The molecule has 7 nitrogen and oxygen atoms in total. The minimum atomic E-state index is -1.29. The van der Waals surface area contributed by atoms with Crippen LogP contribution in [0.2, 0.25) is 0 Å². The van der Waals surface area contributed by atoms with Gasteiger partial charge in [-0.25, -0.2) is 0 Å². The highest BCUT2D eigenvalue weighted by molar-refractivity contribution is 8.15. The topological polar surface area (TPSA) is 82.1 Å². The van der Waals surface area contributed by atoms with Gasteiger partial charge >= 0.3 is 0 Å². The van der Waals surface area contributed by atoms with E-state index in [9.17, 15) is 14.4 Å². The zero-order valence-corrected chi connectivity index (χ0v) is 16.1. The van der Waals surface area contributed by atoms with Crippen molar-refractivity contribution in [3.8, 4) is 0 Å². The Labute approximate surface area is 156 Å². The molecule has 2 aliphatic heterocycles. The number of fused-ring (bicyclic) bond motifs is 2. The van der Waals surface area contributed by atoms with E-state index in [1.54, 1.807) is 4.90 Å². The summed E-state index contributed by atoms with van der Waals surface area (Å²) in [5.41, 5.74) is 1.51. The minimum absolute atomic E-state index is 0.205. The summed E-state index contributed by atoms with van der Waals surface area (Å²) in [5, 5.41) is 8.27. The number of carbonyl (C=O) groups excluding carboxylic acids is 3. The predicted molar refractivity (Wildman–Crippen MR) is 101 cm³/mol. The minimum Gasteiger partial charge on any atom is -0.309 e. The van der Waals surface area contributed by atoms with Crippen molar-refractivity contribution in [3.63, 3.8) is 0 Å². The third-order valence-corrected chi connectivity index (χ3v) is 5.58. The van der Waals surface area contributed by atoms with Crippen LogP contribution >= 0.6 is 11.8 Å². The fourth-order valence-electron chi connectivity index (χ4n) is 3.17. The largest absolute Gasteiger partial charge is 0.309 e. The van der Waals surface area contributed by atoms with Crippen molar-refractivity contribution >= 4 is 40.3 Å². The van der Waals surface area contributed by atoms with Crippen LogP contribution in [0.3, 0.4) is 0 Å². The van der Waals surface area contributed by atoms with Crippen molar-refractivity contribution in [1.29, 1.82) is 0 Å². The number of rotatable bonds is 3. The van der Waals surface area contributed by atoms with Crippen LogP contribution < -0.4 is 10.2 Å². The molecule has 1 unspecified atom stereocenters. The molecule has 138 valence electrons. The van der Waals surface area contributed by atoms with Gasteiger partial charge in [0, 0.05) is 26.0 Å². The first-order valence-electron chi connectivity index (χ1n) is 8.55. The summed E-state index contributed by atoms with van der Waals surface area (Å²) in [7, 11) is 0. The summed E-state index contributed by atoms with van der Waals surface area (Å²) < 4.78 is 0. The molecule has 0 aliphatic carbocycles. The third-order valence-electron chi connectivity index (χ3n) is 4.34. The van der Waals surface area contributed by atoms with Gasteiger partial charge in [-0.2, -0.15) is 5.01 Å². The molecule has 0 bridgehead atoms. The molecule has 1 atom stereocenters. The van der Waals surface area contributed by atoms with Gasteiger partial charge < -0.3 is 10.2 Å². The van der Waals surface area contributed by atoms with Gasteiger partial charge in [-0.1, -0.05) is 32.0 Å². The van der Waals surface area contributed by atoms with Crippen molar-refractivity contribution in [3.05, 3.63) is 29.8 Å². The number of amidine groups is 1. The summed E-state index contributed by atoms with van der Waals surface area (Å²) in [6.07, 6.45) is 0.848. The van der Waals surface area contributed by atoms with E-state index in [0.29, 0.717) is 12.5 Å². The number of nitrogens with zero attached hydrogens (tertiary/aromatic N) is 3. The lowest BCUT2D eigenvalue weighted by atomic mass is 10.1. The molecule has 1 aromatic carbocycles. The average Bonchev–Trinajstić information content (AvgIpc) is 3.04. The van der Waals surface area contributed by atoms with Gasteiger partial charge in [-0.05, 0) is 30.2 Å². The van der Waals surface area contributed by atoms with Gasteiger partial charge in [0.25, 0.3) is 5.91 Å². The lowest BCUT2D eigenvalue weighted by Crippen LogP contribution is -2.48. The second kappa shape index (κ2) is 6.75. The Hall–Kier alpha value is -2.35. The monoisotopic (exact) mass is 374 g/mol. The van der Waals surface area contributed by atoms with Crippen molar-refractivity contribution in [2.45, 2.75) is 39.0 Å². The molecule has 3 rings (SSSR count). The lowest BCUT2D eigenvalue weighted by molar-refractivity contribution is -0.139. The van der Waals surface area contributed by atoms with Crippen LogP contribution in [0.5, 0.6) is 0 Å². The van der Waals surface area contributed by atoms with E-state index in [4.69, 9.17) is 0 Å². The summed E-state index contributed by atoms with van der Waals surface area (Å²) in [5.74, 6) is -0.416. The smallest absolute Gasteiger partial charge is 0.270 e. The molecular weight excluding hydrogens is 352 g/mol. The molecule has 0 saturated carbocycles. The average molecular weight is 374 g/mol. The van der Waals surface area contributed by atoms with Gasteiger partial charge in [0.2, 0.25) is 16.7 Å². The zero-order chi connectivity index (χ0) is 19.1. The lowest BCUT2D eigenvalue weighted by Gasteiger charge is -2.29. The molecule has 2 aliphatic rings. The Morgan fingerprint density at radius 2 is 1.96 bits per heavy atom. The molecular formula is C18H22N4O3S. The van der Waals surface area contributed by atoms with Crippen LogP contribution in [0.15, 0.2) is 29.4 Å². The maximum Gasteiger partial charge on any atom is 0.270 e. The van der Waals surface area contributed by atoms with Gasteiger partial charge in [0.05, 0.1) is 5.69 Å². The summed E-state index contributed by atoms with van der Waals surface area (Å²) in [6.45, 7) is 7.51. The van der Waals surface area contributed by atoms with Crippen LogP contribution in [-0.4, -0.2) is 34.4 Å². The fraction of sp³-hybridized carbons (Fsp3) is 0.444. The second-order valence-electron chi connectivity index (χ2n) is 6.82. The maximum atomic E-state index is 13.5. The fourth-order valence-corrected chi connectivity index (χ4v) is 4.51. The molecule has 1 spiro atoms. The number of hydrogen-bond acceptors (Lipinski definition) is 5. The quantitative estimate of drug-likeness (QED) is 0.880. The number of para-hydroxylation sites is 1. The van der Waals surface area contributed by atoms with E-state index >= 15 is 0 Å². The van der Waals surface area contributed by atoms with E-state index in [2.05, 4.69) is 24.3 Å². The normalized spacial score (nSPS) is 21.4. The van der Waals surface area contributed by atoms with E-state index in [0.717, 1.165) is 29.4 Å². The molecule has 0 fully saturated rings. The number of anilines is 1. The van der Waals surface area contributed by atoms with Crippen molar-refractivity contribution in [2.75, 3.05) is 11.4 Å². The van der Waals surface area contributed by atoms with Crippen LogP contribution in [0.25, 0.3) is 0 Å². The summed E-state index contributed by atoms with van der Waals surface area (Å²) >= 11 is 1.11. The molecule has 1 N–H and O–H groups in total. The standard InChI is InChI=1S/C18H22N4O3S/c1-11(2)9-10-21-15-8-6-5-7-14(15)18(16(21)25)22(13(4)24)20-17(26-18)19-12(3)23/h5-8,11H,9-10H2,1-4H3,(H,19,20,23). The highest BCUT2D eigenvalue weighted by Crippen LogP contribution is 2.54. The maximum absolute atomic E-state index is 13.5. The van der Waals surface area contributed by atoms with E-state index in [1.165, 1.54) is 18.9 Å². The molecule has 26 heavy (non-hydrogen) atoms. The van der Waals surface area contributed by atoms with Gasteiger partial charge in [0.15, 0.2) is 5.17 Å². The number of benzene rings is 1. The second-order valence-corrected chi connectivity index (χ2v) is 8.00. The number of carbonyl (C=O) groups is 3. The van der Waals surface area contributed by atoms with Crippen molar-refractivity contribution in [1.82, 2.24) is 10.3 Å². The summed E-state index contributed by atoms with van der Waals surface area (Å²) in [4.78, 5) is 37.6. The number of thioether (sulfide) groups is 1. The molecule has 0 saturated heterocycles. The number of amides is 3. The molecule has 2 heterocycles. The Kier molecular flexibility index (Phi) is 4.79. The SMILES string of the molecule is CC(=O)NC1=NN(C(C)=O)C2(S1)C(=O)N(CCC(C)C)c1ccccc12.